The van der Waals surface area contributed by atoms with Gasteiger partial charge in [-0.1, -0.05) is 110 Å². The third-order valence-electron chi connectivity index (χ3n) is 12.8. The summed E-state index contributed by atoms with van der Waals surface area (Å²) < 4.78 is 47.5. The summed E-state index contributed by atoms with van der Waals surface area (Å²) in [6.07, 6.45) is 1.89. The van der Waals surface area contributed by atoms with Gasteiger partial charge in [-0.15, -0.1) is 0 Å². The Labute approximate surface area is 388 Å². The molecule has 0 radical (unpaired) electrons. The molecule has 0 fully saturated rings. The van der Waals surface area contributed by atoms with Crippen LogP contribution < -0.4 is 14.5 Å². The number of halogens is 2. The van der Waals surface area contributed by atoms with Crippen molar-refractivity contribution < 1.29 is 14.9 Å². The van der Waals surface area contributed by atoms with E-state index in [0.717, 1.165) is 83.8 Å². The molecule has 7 aromatic carbocycles. The molecule has 0 aliphatic carbocycles. The molecule has 7 heteroatoms. The number of nitrogens with zero attached hydrogens (tertiary/aromatic N) is 4. The Morgan fingerprint density at radius 3 is 1.79 bits per heavy atom. The highest BCUT2D eigenvalue weighted by atomic mass is 19.1. The van der Waals surface area contributed by atoms with E-state index >= 15 is 0 Å². The molecule has 0 saturated carbocycles. The predicted molar refractivity (Wildman–Crippen MR) is 269 cm³/mol. The lowest BCUT2D eigenvalue weighted by Gasteiger charge is -2.30. The molecule has 1 aliphatic rings. The molecule has 3 heterocycles. The van der Waals surface area contributed by atoms with Gasteiger partial charge in [0, 0.05) is 47.3 Å². The fourth-order valence-electron chi connectivity index (χ4n) is 9.17. The molecule has 0 unspecified atom stereocenters. The van der Waals surface area contributed by atoms with Crippen LogP contribution in [0.5, 0.6) is 11.5 Å². The van der Waals surface area contributed by atoms with Crippen LogP contribution in [0.1, 0.15) is 79.3 Å². The molecule has 0 saturated heterocycles. The monoisotopic (exact) mass is 873 g/mol. The lowest BCUT2D eigenvalue weighted by Crippen LogP contribution is -2.25. The van der Waals surface area contributed by atoms with Crippen LogP contribution >= 0.6 is 0 Å². The summed E-state index contributed by atoms with van der Waals surface area (Å²) in [5.41, 5.74) is 12.1. The lowest BCUT2D eigenvalue weighted by atomic mass is 9.82. The van der Waals surface area contributed by atoms with E-state index in [1.165, 1.54) is 29.8 Å². The molecule has 9 aromatic rings. The average molecular weight is 874 g/mol. The fourth-order valence-corrected chi connectivity index (χ4v) is 9.17. The van der Waals surface area contributed by atoms with Gasteiger partial charge < -0.3 is 14.5 Å². The van der Waals surface area contributed by atoms with Crippen LogP contribution in [0.15, 0.2) is 164 Å². The number of fused-ring (bicyclic) bond motifs is 4. The summed E-state index contributed by atoms with van der Waals surface area (Å²) in [5.74, 6) is 0.521. The van der Waals surface area contributed by atoms with E-state index in [2.05, 4.69) is 135 Å². The number of ether oxygens (including phenoxy) is 1. The maximum atomic E-state index is 14.5. The van der Waals surface area contributed by atoms with E-state index in [9.17, 15) is 10.2 Å². The second-order valence-corrected chi connectivity index (χ2v) is 19.7. The molecule has 0 atom stereocenters. The Morgan fingerprint density at radius 1 is 0.576 bits per heavy atom. The van der Waals surface area contributed by atoms with Crippen LogP contribution in [0, 0.1) is 11.6 Å². The van der Waals surface area contributed by atoms with Gasteiger partial charge in [-0.3, -0.25) is 4.57 Å². The van der Waals surface area contributed by atoms with Crippen molar-refractivity contribution in [2.24, 2.45) is 0 Å². The number of anilines is 4. The maximum absolute atomic E-state index is 14.5. The van der Waals surface area contributed by atoms with Crippen molar-refractivity contribution in [3.8, 4) is 39.6 Å². The second kappa shape index (κ2) is 16.3. The SMILES string of the molecule is [2H]C(C)(C)c1cc(Oc2ccc3c4ccccc4n(-c4cc(C(C)(C)C)ccn4)c3c2)cc(N2CN(c3c(-c4ccc(F)cc4)cc(C(C)(C)C)cc3-c3ccc(F)cc3)c3ccccc32)c1. The van der Waals surface area contributed by atoms with Gasteiger partial charge in [0.15, 0.2) is 0 Å². The van der Waals surface area contributed by atoms with Crippen molar-refractivity contribution in [1.29, 1.82) is 0 Å². The second-order valence-electron chi connectivity index (χ2n) is 19.7. The minimum Gasteiger partial charge on any atom is -0.457 e. The van der Waals surface area contributed by atoms with Crippen molar-refractivity contribution in [3.05, 3.63) is 192 Å². The maximum Gasteiger partial charge on any atom is 0.137 e. The van der Waals surface area contributed by atoms with Crippen LogP contribution in [0.3, 0.4) is 0 Å². The van der Waals surface area contributed by atoms with Gasteiger partial charge in [0.05, 0.1) is 28.1 Å². The highest BCUT2D eigenvalue weighted by molar-refractivity contribution is 6.09. The first kappa shape index (κ1) is 41.5. The predicted octanol–water partition coefficient (Wildman–Crippen LogP) is 16.5. The minimum atomic E-state index is -0.957. The molecule has 330 valence electrons. The summed E-state index contributed by atoms with van der Waals surface area (Å²) >= 11 is 0. The zero-order chi connectivity index (χ0) is 47.0. The fraction of sp³-hybridized carbons (Fsp3) is 0.203. The number of rotatable bonds is 8. The topological polar surface area (TPSA) is 33.5 Å². The summed E-state index contributed by atoms with van der Waals surface area (Å²) in [6, 6.07) is 51.0. The van der Waals surface area contributed by atoms with Crippen LogP contribution in [-0.2, 0) is 10.8 Å². The third kappa shape index (κ3) is 7.87. The van der Waals surface area contributed by atoms with Crippen LogP contribution in [-0.4, -0.2) is 16.2 Å². The highest BCUT2D eigenvalue weighted by Gasteiger charge is 2.33. The average Bonchev–Trinajstić information content (AvgIpc) is 3.84. The molecule has 0 N–H and O–H groups in total. The first-order valence-electron chi connectivity index (χ1n) is 23.1. The van der Waals surface area contributed by atoms with Crippen molar-refractivity contribution in [3.63, 3.8) is 0 Å². The van der Waals surface area contributed by atoms with E-state index in [-0.39, 0.29) is 22.5 Å². The molecule has 5 nitrogen and oxygen atoms in total. The lowest BCUT2D eigenvalue weighted by molar-refractivity contribution is 0.482. The smallest absolute Gasteiger partial charge is 0.137 e. The van der Waals surface area contributed by atoms with Crippen molar-refractivity contribution >= 4 is 44.6 Å². The van der Waals surface area contributed by atoms with Gasteiger partial charge in [0.2, 0.25) is 0 Å². The summed E-state index contributed by atoms with van der Waals surface area (Å²) in [4.78, 5) is 9.43. The van der Waals surface area contributed by atoms with Crippen molar-refractivity contribution in [2.45, 2.75) is 72.1 Å². The molecular formula is C59H54F2N4O. The highest BCUT2D eigenvalue weighted by Crippen LogP contribution is 2.52. The van der Waals surface area contributed by atoms with Gasteiger partial charge in [0.25, 0.3) is 0 Å². The normalized spacial score (nSPS) is 13.4. The van der Waals surface area contributed by atoms with Crippen LogP contribution in [0.25, 0.3) is 49.9 Å². The van der Waals surface area contributed by atoms with Gasteiger partial charge in [-0.25, -0.2) is 13.8 Å². The standard InChI is InChI=1S/C59H54F2N4O/c1-37(2)40-29-45(34-47(30-40)66-46-25-26-49-48-13-9-10-14-52(48)65(55(49)35-46)56-33-41(27-28-62-56)58(3,4)5)63-36-64(54-16-12-11-15-53(54)63)57-50(38-17-21-43(60)22-18-38)31-42(59(6,7)8)32-51(57)39-19-23-44(61)24-20-39/h9-35,37H,36H2,1-8H3/i37D. The van der Waals surface area contributed by atoms with E-state index in [4.69, 9.17) is 9.72 Å². The van der Waals surface area contributed by atoms with Crippen LogP contribution in [0.2, 0.25) is 0 Å². The molecule has 10 rings (SSSR count). The molecule has 0 amide bonds. The summed E-state index contributed by atoms with van der Waals surface area (Å²) in [7, 11) is 0. The molecule has 0 bridgehead atoms. The van der Waals surface area contributed by atoms with Crippen molar-refractivity contribution in [2.75, 3.05) is 16.5 Å². The Bertz CT molecular complexity index is 3270. The molecule has 0 spiro atoms. The summed E-state index contributed by atoms with van der Waals surface area (Å²) in [5, 5.41) is 2.22. The van der Waals surface area contributed by atoms with Crippen LogP contribution in [0.4, 0.5) is 31.5 Å². The van der Waals surface area contributed by atoms with Gasteiger partial charge in [-0.2, -0.15) is 0 Å². The van der Waals surface area contributed by atoms with Crippen molar-refractivity contribution in [1.82, 2.24) is 9.55 Å². The van der Waals surface area contributed by atoms with E-state index in [1.54, 1.807) is 0 Å². The largest absolute Gasteiger partial charge is 0.457 e. The Balaban J connectivity index is 1.11. The minimum absolute atomic E-state index is 0.0569. The van der Waals surface area contributed by atoms with E-state index < -0.39 is 5.89 Å². The molecular weight excluding hydrogens is 819 g/mol. The number of benzene rings is 7. The number of aromatic nitrogens is 2. The third-order valence-corrected chi connectivity index (χ3v) is 12.8. The number of hydrogen-bond donors (Lipinski definition) is 0. The first-order valence-corrected chi connectivity index (χ1v) is 22.6. The molecule has 66 heavy (non-hydrogen) atoms. The number of hydrogen-bond acceptors (Lipinski definition) is 4. The molecule has 2 aromatic heterocycles. The van der Waals surface area contributed by atoms with E-state index in [0.29, 0.717) is 18.2 Å². The Kier molecular flexibility index (Phi) is 10.3. The number of pyridine rings is 1. The van der Waals surface area contributed by atoms with Gasteiger partial charge in [-0.05, 0) is 136 Å². The quantitative estimate of drug-likeness (QED) is 0.152. The molecule has 1 aliphatic heterocycles. The zero-order valence-electron chi connectivity index (χ0n) is 39.7. The van der Waals surface area contributed by atoms with Gasteiger partial charge in [0.1, 0.15) is 35.6 Å². The Morgan fingerprint density at radius 2 is 1.17 bits per heavy atom. The Hall–Kier alpha value is -7.25. The van der Waals surface area contributed by atoms with Gasteiger partial charge >= 0.3 is 0 Å². The number of para-hydroxylation sites is 3. The summed E-state index contributed by atoms with van der Waals surface area (Å²) in [6.45, 7) is 17.4. The van der Waals surface area contributed by atoms with E-state index in [1.807, 2.05) is 74.6 Å². The zero-order valence-corrected chi connectivity index (χ0v) is 38.7. The first-order chi connectivity index (χ1) is 31.9.